The molecule has 5 heteroatoms. The fourth-order valence-corrected chi connectivity index (χ4v) is 1.98. The molecule has 0 aliphatic heterocycles. The molecule has 1 N–H and O–H groups in total. The maximum absolute atomic E-state index is 12.1. The molecule has 22 heavy (non-hydrogen) atoms. The third kappa shape index (κ3) is 3.97. The Kier molecular flexibility index (Phi) is 4.99. The Labute approximate surface area is 130 Å². The van der Waals surface area contributed by atoms with Gasteiger partial charge in [-0.25, -0.2) is 0 Å². The van der Waals surface area contributed by atoms with Crippen LogP contribution in [0.2, 0.25) is 0 Å². The number of aryl methyl sites for hydroxylation is 3. The number of nitrogens with one attached hydrogen (secondary N) is 1. The number of nitrogens with zero attached hydrogens (tertiary/aromatic N) is 1. The van der Waals surface area contributed by atoms with E-state index < -0.39 is 6.10 Å². The molecule has 2 aromatic rings. The van der Waals surface area contributed by atoms with Crippen molar-refractivity contribution in [3.05, 3.63) is 53.0 Å². The lowest BCUT2D eigenvalue weighted by Crippen LogP contribution is -2.27. The number of carbonyl (C=O) groups excluding carboxylic acids is 1. The van der Waals surface area contributed by atoms with Gasteiger partial charge in [0, 0.05) is 5.69 Å². The van der Waals surface area contributed by atoms with E-state index in [1.54, 1.807) is 13.0 Å². The highest BCUT2D eigenvalue weighted by Crippen LogP contribution is 2.19. The van der Waals surface area contributed by atoms with Gasteiger partial charge in [-0.3, -0.25) is 4.79 Å². The standard InChI is InChI=1S/C17H20N2O3/c1-11-6-5-7-12(2)16(11)19-17(20)14(4)22-18-10-15-9-8-13(3)21-15/h5-10,14H,1-4H3,(H,19,20)/b18-10+. The summed E-state index contributed by atoms with van der Waals surface area (Å²) in [7, 11) is 0. The van der Waals surface area contributed by atoms with Gasteiger partial charge in [0.15, 0.2) is 0 Å². The summed E-state index contributed by atoms with van der Waals surface area (Å²) in [6, 6.07) is 9.47. The Morgan fingerprint density at radius 2 is 1.91 bits per heavy atom. The number of carbonyl (C=O) groups is 1. The minimum Gasteiger partial charge on any atom is -0.460 e. The van der Waals surface area contributed by atoms with E-state index in [2.05, 4.69) is 10.5 Å². The molecule has 116 valence electrons. The van der Waals surface area contributed by atoms with E-state index in [1.165, 1.54) is 6.21 Å². The molecular weight excluding hydrogens is 280 g/mol. The summed E-state index contributed by atoms with van der Waals surface area (Å²) in [5.41, 5.74) is 2.83. The molecular formula is C17H20N2O3. The van der Waals surface area contributed by atoms with Crippen LogP contribution >= 0.6 is 0 Å². The van der Waals surface area contributed by atoms with Crippen LogP contribution in [0.15, 0.2) is 39.9 Å². The molecule has 1 aromatic heterocycles. The molecule has 0 spiro atoms. The van der Waals surface area contributed by atoms with Crippen LogP contribution < -0.4 is 5.32 Å². The molecule has 1 aromatic carbocycles. The quantitative estimate of drug-likeness (QED) is 0.678. The zero-order chi connectivity index (χ0) is 16.1. The Morgan fingerprint density at radius 1 is 1.23 bits per heavy atom. The van der Waals surface area contributed by atoms with Gasteiger partial charge in [0.05, 0.1) is 0 Å². The smallest absolute Gasteiger partial charge is 0.268 e. The first-order chi connectivity index (χ1) is 10.5. The van der Waals surface area contributed by atoms with Crippen LogP contribution in [0.25, 0.3) is 0 Å². The van der Waals surface area contributed by atoms with Crippen LogP contribution in [0.3, 0.4) is 0 Å². The molecule has 1 amide bonds. The van der Waals surface area contributed by atoms with Gasteiger partial charge in [-0.05, 0) is 51.0 Å². The van der Waals surface area contributed by atoms with Crippen molar-refractivity contribution in [1.29, 1.82) is 0 Å². The van der Waals surface area contributed by atoms with E-state index in [9.17, 15) is 4.79 Å². The lowest BCUT2D eigenvalue weighted by molar-refractivity contribution is -0.126. The number of hydrogen-bond acceptors (Lipinski definition) is 4. The van der Waals surface area contributed by atoms with Crippen molar-refractivity contribution >= 4 is 17.8 Å². The van der Waals surface area contributed by atoms with Crippen molar-refractivity contribution in [2.75, 3.05) is 5.32 Å². The van der Waals surface area contributed by atoms with E-state index in [-0.39, 0.29) is 5.91 Å². The molecule has 0 aliphatic rings. The number of anilines is 1. The molecule has 1 atom stereocenters. The van der Waals surface area contributed by atoms with Crippen LogP contribution in [0.5, 0.6) is 0 Å². The second-order valence-corrected chi connectivity index (χ2v) is 5.19. The first-order valence-corrected chi connectivity index (χ1v) is 7.10. The number of rotatable bonds is 5. The van der Waals surface area contributed by atoms with E-state index >= 15 is 0 Å². The molecule has 0 fully saturated rings. The average molecular weight is 300 g/mol. The van der Waals surface area contributed by atoms with Crippen molar-refractivity contribution in [3.63, 3.8) is 0 Å². The number of benzene rings is 1. The van der Waals surface area contributed by atoms with Gasteiger partial charge in [0.25, 0.3) is 5.91 Å². The van der Waals surface area contributed by atoms with Crippen molar-refractivity contribution in [2.24, 2.45) is 5.16 Å². The molecule has 0 bridgehead atoms. The Bertz CT molecular complexity index is 669. The summed E-state index contributed by atoms with van der Waals surface area (Å²) < 4.78 is 5.32. The van der Waals surface area contributed by atoms with Gasteiger partial charge in [0.1, 0.15) is 17.7 Å². The van der Waals surface area contributed by atoms with Crippen molar-refractivity contribution < 1.29 is 14.0 Å². The third-order valence-electron chi connectivity index (χ3n) is 3.26. The Hall–Kier alpha value is -2.56. The van der Waals surface area contributed by atoms with Gasteiger partial charge in [-0.2, -0.15) is 0 Å². The molecule has 2 rings (SSSR count). The molecule has 0 aliphatic carbocycles. The summed E-state index contributed by atoms with van der Waals surface area (Å²) in [6.07, 6.45) is 0.738. The first-order valence-electron chi connectivity index (χ1n) is 7.10. The van der Waals surface area contributed by atoms with Crippen LogP contribution in [-0.4, -0.2) is 18.2 Å². The van der Waals surface area contributed by atoms with Gasteiger partial charge in [-0.15, -0.1) is 0 Å². The number of hydrogen-bond donors (Lipinski definition) is 1. The minimum atomic E-state index is -0.702. The molecule has 5 nitrogen and oxygen atoms in total. The average Bonchev–Trinajstić information content (AvgIpc) is 2.88. The Balaban J connectivity index is 1.93. The van der Waals surface area contributed by atoms with Gasteiger partial charge in [-0.1, -0.05) is 23.4 Å². The lowest BCUT2D eigenvalue weighted by atomic mass is 10.1. The van der Waals surface area contributed by atoms with E-state index in [0.29, 0.717) is 5.76 Å². The number of furan rings is 1. The normalized spacial score (nSPS) is 12.4. The summed E-state index contributed by atoms with van der Waals surface area (Å²) in [5, 5.41) is 6.65. The monoisotopic (exact) mass is 300 g/mol. The second-order valence-electron chi connectivity index (χ2n) is 5.19. The zero-order valence-electron chi connectivity index (χ0n) is 13.2. The number of para-hydroxylation sites is 1. The van der Waals surface area contributed by atoms with Crippen molar-refractivity contribution in [3.8, 4) is 0 Å². The maximum atomic E-state index is 12.1. The molecule has 1 unspecified atom stereocenters. The summed E-state index contributed by atoms with van der Waals surface area (Å²) in [4.78, 5) is 17.3. The fourth-order valence-electron chi connectivity index (χ4n) is 1.98. The fraction of sp³-hybridized carbons (Fsp3) is 0.294. The zero-order valence-corrected chi connectivity index (χ0v) is 13.2. The lowest BCUT2D eigenvalue weighted by Gasteiger charge is -2.14. The van der Waals surface area contributed by atoms with E-state index in [1.807, 2.05) is 45.0 Å². The van der Waals surface area contributed by atoms with E-state index in [4.69, 9.17) is 9.25 Å². The van der Waals surface area contributed by atoms with Crippen molar-refractivity contribution in [2.45, 2.75) is 33.8 Å². The first kappa shape index (κ1) is 15.8. The van der Waals surface area contributed by atoms with Crippen LogP contribution in [0.4, 0.5) is 5.69 Å². The van der Waals surface area contributed by atoms with Crippen molar-refractivity contribution in [1.82, 2.24) is 0 Å². The molecule has 0 saturated carbocycles. The maximum Gasteiger partial charge on any atom is 0.268 e. The molecule has 1 heterocycles. The van der Waals surface area contributed by atoms with Gasteiger partial charge >= 0.3 is 0 Å². The predicted octanol–water partition coefficient (Wildman–Crippen LogP) is 3.58. The predicted molar refractivity (Wildman–Crippen MR) is 86.1 cm³/mol. The van der Waals surface area contributed by atoms with Gasteiger partial charge in [0.2, 0.25) is 6.10 Å². The topological polar surface area (TPSA) is 63.8 Å². The van der Waals surface area contributed by atoms with Crippen LogP contribution in [0, 0.1) is 20.8 Å². The molecule has 0 radical (unpaired) electrons. The van der Waals surface area contributed by atoms with Crippen LogP contribution in [0.1, 0.15) is 29.6 Å². The Morgan fingerprint density at radius 3 is 2.50 bits per heavy atom. The van der Waals surface area contributed by atoms with E-state index in [0.717, 1.165) is 22.6 Å². The summed E-state index contributed by atoms with van der Waals surface area (Å²) in [5.74, 6) is 1.13. The summed E-state index contributed by atoms with van der Waals surface area (Å²) in [6.45, 7) is 7.39. The third-order valence-corrected chi connectivity index (χ3v) is 3.26. The number of amides is 1. The SMILES string of the molecule is Cc1ccc(/C=N/OC(C)C(=O)Nc2c(C)cccc2C)o1. The minimum absolute atomic E-state index is 0.245. The highest BCUT2D eigenvalue weighted by atomic mass is 16.6. The number of oxime groups is 1. The molecule has 0 saturated heterocycles. The summed E-state index contributed by atoms with van der Waals surface area (Å²) >= 11 is 0. The van der Waals surface area contributed by atoms with Gasteiger partial charge < -0.3 is 14.6 Å². The van der Waals surface area contributed by atoms with Crippen LogP contribution in [-0.2, 0) is 9.63 Å². The highest BCUT2D eigenvalue weighted by Gasteiger charge is 2.16. The largest absolute Gasteiger partial charge is 0.460 e. The highest BCUT2D eigenvalue weighted by molar-refractivity contribution is 5.95. The second kappa shape index (κ2) is 6.93.